The van der Waals surface area contributed by atoms with Gasteiger partial charge in [0.05, 0.1) is 22.0 Å². The average molecular weight is 1130 g/mol. The molecule has 12 aromatic carbocycles. The summed E-state index contributed by atoms with van der Waals surface area (Å²) in [5.74, 6) is -0.112. The molecule has 2 heteroatoms. The topological polar surface area (TPSA) is 8.17 Å². The third-order valence-electron chi connectivity index (χ3n) is 19.2. The van der Waals surface area contributed by atoms with Gasteiger partial charge in [-0.3, -0.25) is 0 Å². The Hall–Kier alpha value is -10.0. The Morgan fingerprint density at radius 3 is 1.66 bits per heavy atom. The number of fused-ring (bicyclic) bond motifs is 7. The van der Waals surface area contributed by atoms with Crippen molar-refractivity contribution in [1.82, 2.24) is 4.57 Å². The van der Waals surface area contributed by atoms with Crippen molar-refractivity contribution in [3.8, 4) is 50.2 Å². The van der Waals surface area contributed by atoms with E-state index in [0.29, 0.717) is 0 Å². The summed E-state index contributed by atoms with van der Waals surface area (Å²) in [4.78, 5) is 2.69. The van der Waals surface area contributed by atoms with Crippen LogP contribution in [-0.2, 0) is 16.2 Å². The van der Waals surface area contributed by atoms with Crippen molar-refractivity contribution in [2.24, 2.45) is 0 Å². The smallest absolute Gasteiger partial charge is 0.0713 e. The predicted molar refractivity (Wildman–Crippen MR) is 374 cm³/mol. The lowest BCUT2D eigenvalue weighted by Crippen LogP contribution is -2.47. The van der Waals surface area contributed by atoms with Gasteiger partial charge >= 0.3 is 0 Å². The van der Waals surface area contributed by atoms with Crippen LogP contribution < -0.4 is 4.90 Å². The van der Waals surface area contributed by atoms with Gasteiger partial charge in [-0.15, -0.1) is 0 Å². The van der Waals surface area contributed by atoms with Crippen LogP contribution in [-0.4, -0.2) is 10.1 Å². The first-order valence-corrected chi connectivity index (χ1v) is 31.3. The van der Waals surface area contributed by atoms with Gasteiger partial charge in [0, 0.05) is 39.3 Å². The first-order valence-electron chi connectivity index (χ1n) is 31.3. The number of hydrogen-bond acceptors (Lipinski definition) is 1. The zero-order valence-electron chi connectivity index (χ0n) is 51.3. The van der Waals surface area contributed by atoms with Gasteiger partial charge in [0.2, 0.25) is 0 Å². The van der Waals surface area contributed by atoms with Crippen molar-refractivity contribution in [2.45, 2.75) is 76.2 Å². The minimum absolute atomic E-state index is 0.0447. The van der Waals surface area contributed by atoms with E-state index >= 15 is 0 Å². The van der Waals surface area contributed by atoms with Gasteiger partial charge in [0.15, 0.2) is 0 Å². The lowest BCUT2D eigenvalue weighted by atomic mass is 9.66. The van der Waals surface area contributed by atoms with Crippen LogP contribution in [0.2, 0.25) is 0 Å². The summed E-state index contributed by atoms with van der Waals surface area (Å²) in [7, 11) is 0. The number of benzene rings is 12. The summed E-state index contributed by atoms with van der Waals surface area (Å²) in [6.45, 7) is 16.5. The van der Waals surface area contributed by atoms with Crippen molar-refractivity contribution < 1.29 is 0 Å². The van der Waals surface area contributed by atoms with E-state index in [9.17, 15) is 0 Å². The number of hydrogen-bond donors (Lipinski definition) is 0. The molecule has 0 aliphatic heterocycles. The van der Waals surface area contributed by atoms with E-state index in [0.717, 1.165) is 22.6 Å². The van der Waals surface area contributed by atoms with Crippen LogP contribution in [0, 0.1) is 0 Å². The van der Waals surface area contributed by atoms with Gasteiger partial charge in [-0.2, -0.15) is 0 Å². The summed E-state index contributed by atoms with van der Waals surface area (Å²) in [6, 6.07) is 105. The molecule has 0 radical (unpaired) electrons. The maximum Gasteiger partial charge on any atom is 0.0713 e. The molecule has 2 aliphatic carbocycles. The van der Waals surface area contributed by atoms with Crippen LogP contribution in [0.3, 0.4) is 0 Å². The minimum atomic E-state index is -0.670. The van der Waals surface area contributed by atoms with Crippen LogP contribution in [0.5, 0.6) is 0 Å². The molecule has 426 valence electrons. The maximum absolute atomic E-state index is 2.69. The molecule has 88 heavy (non-hydrogen) atoms. The molecule has 2 unspecified atom stereocenters. The largest absolute Gasteiger partial charge is 0.331 e. The molecule has 1 aromatic heterocycles. The van der Waals surface area contributed by atoms with Crippen molar-refractivity contribution in [2.75, 3.05) is 4.90 Å². The van der Waals surface area contributed by atoms with E-state index in [4.69, 9.17) is 0 Å². The fourth-order valence-electron chi connectivity index (χ4n) is 15.0. The van der Waals surface area contributed by atoms with Gasteiger partial charge < -0.3 is 9.47 Å². The highest BCUT2D eigenvalue weighted by Gasteiger charge is 2.48. The maximum atomic E-state index is 2.69. The van der Waals surface area contributed by atoms with Crippen LogP contribution in [0.1, 0.15) is 93.3 Å². The molecule has 0 amide bonds. The third kappa shape index (κ3) is 8.83. The molecule has 0 bridgehead atoms. The van der Waals surface area contributed by atoms with Crippen molar-refractivity contribution in [3.63, 3.8) is 0 Å². The zero-order chi connectivity index (χ0) is 59.9. The lowest BCUT2D eigenvalue weighted by molar-refractivity contribution is 0.505. The summed E-state index contributed by atoms with van der Waals surface area (Å²) < 4.78 is 2.42. The second kappa shape index (κ2) is 21.1. The second-order valence-corrected chi connectivity index (χ2v) is 26.6. The van der Waals surface area contributed by atoms with Gasteiger partial charge in [0.1, 0.15) is 0 Å². The van der Waals surface area contributed by atoms with Crippen LogP contribution in [0.15, 0.2) is 303 Å². The Labute approximate surface area is 519 Å². The van der Waals surface area contributed by atoms with Crippen LogP contribution >= 0.6 is 0 Å². The number of rotatable bonds is 10. The van der Waals surface area contributed by atoms with E-state index in [2.05, 4.69) is 361 Å². The Morgan fingerprint density at radius 1 is 0.398 bits per heavy atom. The monoisotopic (exact) mass is 1130 g/mol. The van der Waals surface area contributed by atoms with E-state index in [-0.39, 0.29) is 16.7 Å². The SMILES string of the molecule is CC(C)(C)c1cc(-c2cccc3cccc(-c4ccccc4N(c4cccc(-c5cccc6c5c5ccccc5n6-c5ccccc5)c4)C4(C)C=CC=CC4c4ccc5c(c4)C(c4ccccc4)(c4ccccc4)c4ccccc4-5)c23)cc(C(C)(C)C)c1. The number of para-hydroxylation sites is 3. The summed E-state index contributed by atoms with van der Waals surface area (Å²) in [5, 5.41) is 4.93. The van der Waals surface area contributed by atoms with Gasteiger partial charge in [0.25, 0.3) is 0 Å². The molecule has 2 nitrogen and oxygen atoms in total. The summed E-state index contributed by atoms with van der Waals surface area (Å²) in [6.07, 6.45) is 9.48. The van der Waals surface area contributed by atoms with Crippen molar-refractivity contribution in [3.05, 3.63) is 342 Å². The number of anilines is 2. The average Bonchev–Trinajstić information content (AvgIpc) is 1.61. The summed E-state index contributed by atoms with van der Waals surface area (Å²) >= 11 is 0. The molecular weight excluding hydrogens is 1060 g/mol. The highest BCUT2D eigenvalue weighted by molar-refractivity contribution is 6.16. The third-order valence-corrected chi connectivity index (χ3v) is 19.2. The second-order valence-electron chi connectivity index (χ2n) is 26.6. The first kappa shape index (κ1) is 54.6. The Morgan fingerprint density at radius 2 is 0.955 bits per heavy atom. The standard InChI is InChI=1S/C86H72N2/c1-83(2,3)64-53-61(54-65(57-64)84(4,5)6)69-42-26-29-58-30-27-44-73(81(58)69)72-40-18-22-48-79(72)88(67-38-25-31-59(55-67)68-43-28-49-80-82(68)74-41-19-21-47-78(74)87(80)66-36-15-10-16-37-66)85(7)52-24-23-45-75(85)60-50-51-71-70-39-17-20-46-76(70)86(77(71)56-60,62-32-11-8-12-33-62)63-34-13-9-14-35-63/h8-57,75H,1-7H3. The molecule has 0 fully saturated rings. The lowest BCUT2D eigenvalue weighted by Gasteiger charge is -2.47. The normalized spacial score (nSPS) is 16.1. The molecule has 0 spiro atoms. The van der Waals surface area contributed by atoms with E-state index in [1.165, 1.54) is 110 Å². The fraction of sp³-hybridized carbons (Fsp3) is 0.140. The molecule has 0 saturated heterocycles. The minimum Gasteiger partial charge on any atom is -0.331 e. The summed E-state index contributed by atoms with van der Waals surface area (Å²) in [5.41, 5.74) is 23.3. The quantitative estimate of drug-likeness (QED) is 0.132. The van der Waals surface area contributed by atoms with Crippen LogP contribution in [0.25, 0.3) is 82.8 Å². The highest BCUT2D eigenvalue weighted by atomic mass is 15.2. The van der Waals surface area contributed by atoms with Gasteiger partial charge in [-0.25, -0.2) is 0 Å². The number of allylic oxidation sites excluding steroid dienone is 2. The molecule has 13 aromatic rings. The highest BCUT2D eigenvalue weighted by Crippen LogP contribution is 2.58. The first-order chi connectivity index (χ1) is 42.8. The molecule has 15 rings (SSSR count). The Balaban J connectivity index is 0.978. The molecular formula is C86H72N2. The molecule has 0 saturated carbocycles. The fourth-order valence-corrected chi connectivity index (χ4v) is 15.0. The molecule has 2 aliphatic rings. The number of nitrogens with zero attached hydrogens (tertiary/aromatic N) is 2. The van der Waals surface area contributed by atoms with E-state index in [1.54, 1.807) is 0 Å². The van der Waals surface area contributed by atoms with Gasteiger partial charge in [-0.1, -0.05) is 302 Å². The van der Waals surface area contributed by atoms with E-state index < -0.39 is 11.0 Å². The van der Waals surface area contributed by atoms with Crippen molar-refractivity contribution in [1.29, 1.82) is 0 Å². The number of aromatic nitrogens is 1. The molecule has 1 heterocycles. The Kier molecular flexibility index (Phi) is 13.1. The Bertz CT molecular complexity index is 4810. The zero-order valence-corrected chi connectivity index (χ0v) is 51.3. The van der Waals surface area contributed by atoms with Crippen LogP contribution in [0.4, 0.5) is 11.4 Å². The molecule has 0 N–H and O–H groups in total. The predicted octanol–water partition coefficient (Wildman–Crippen LogP) is 22.7. The van der Waals surface area contributed by atoms with Crippen molar-refractivity contribution >= 4 is 44.0 Å². The molecule has 2 atom stereocenters. The van der Waals surface area contributed by atoms with E-state index in [1.807, 2.05) is 0 Å². The van der Waals surface area contributed by atoms with Gasteiger partial charge in [-0.05, 0) is 149 Å².